The summed E-state index contributed by atoms with van der Waals surface area (Å²) in [4.78, 5) is 14.3. The van der Waals surface area contributed by atoms with Crippen LogP contribution in [0.4, 0.5) is 0 Å². The molecule has 1 saturated heterocycles. The summed E-state index contributed by atoms with van der Waals surface area (Å²) in [7, 11) is 0. The van der Waals surface area contributed by atoms with Crippen LogP contribution in [0.1, 0.15) is 54.4 Å². The van der Waals surface area contributed by atoms with Gasteiger partial charge in [0.2, 0.25) is 5.91 Å². The molecule has 0 saturated carbocycles. The molecule has 0 aromatic carbocycles. The van der Waals surface area contributed by atoms with E-state index in [0.717, 1.165) is 45.9 Å². The summed E-state index contributed by atoms with van der Waals surface area (Å²) in [6.45, 7) is 18.2. The van der Waals surface area contributed by atoms with Crippen molar-refractivity contribution in [3.05, 3.63) is 0 Å². The molecule has 0 unspecified atom stereocenters. The lowest BCUT2D eigenvalue weighted by Crippen LogP contribution is -2.49. The summed E-state index contributed by atoms with van der Waals surface area (Å²) in [5, 5.41) is 2.99. The zero-order chi connectivity index (χ0) is 18.2. The third kappa shape index (κ3) is 9.60. The van der Waals surface area contributed by atoms with E-state index in [1.165, 1.54) is 6.42 Å². The fourth-order valence-corrected chi connectivity index (χ4v) is 2.58. The van der Waals surface area contributed by atoms with Gasteiger partial charge in [-0.15, -0.1) is 0 Å². The number of carbonyl (C=O) groups is 1. The van der Waals surface area contributed by atoms with Crippen molar-refractivity contribution in [2.24, 2.45) is 10.8 Å². The quantitative estimate of drug-likeness (QED) is 0.689. The molecule has 1 aliphatic rings. The van der Waals surface area contributed by atoms with E-state index in [1.54, 1.807) is 0 Å². The molecule has 5 heteroatoms. The number of nitrogens with one attached hydrogen (secondary N) is 1. The minimum Gasteiger partial charge on any atom is -0.380 e. The summed E-state index contributed by atoms with van der Waals surface area (Å²) in [5.74, 6) is 0.0744. The van der Waals surface area contributed by atoms with E-state index in [1.807, 2.05) is 20.8 Å². The van der Waals surface area contributed by atoms with Crippen LogP contribution in [0.2, 0.25) is 0 Å². The molecule has 0 aromatic heterocycles. The van der Waals surface area contributed by atoms with Crippen LogP contribution in [0.5, 0.6) is 0 Å². The Morgan fingerprint density at radius 1 is 1.21 bits per heavy atom. The molecule has 1 heterocycles. The van der Waals surface area contributed by atoms with Gasteiger partial charge in [-0.25, -0.2) is 0 Å². The molecule has 1 aliphatic heterocycles. The van der Waals surface area contributed by atoms with E-state index in [2.05, 4.69) is 31.0 Å². The van der Waals surface area contributed by atoms with E-state index in [-0.39, 0.29) is 17.4 Å². The Hall–Kier alpha value is -0.650. The van der Waals surface area contributed by atoms with Gasteiger partial charge in [0, 0.05) is 38.2 Å². The molecule has 1 amide bonds. The maximum Gasteiger partial charge on any atom is 0.225 e. The summed E-state index contributed by atoms with van der Waals surface area (Å²) in [5.41, 5.74) is 0.0352. The average molecular weight is 343 g/mol. The number of carbonyl (C=O) groups excluding carboxylic acids is 1. The zero-order valence-corrected chi connectivity index (χ0v) is 16.6. The average Bonchev–Trinajstić information content (AvgIpc) is 2.46. The van der Waals surface area contributed by atoms with Crippen LogP contribution in [0.25, 0.3) is 0 Å². The fraction of sp³-hybridized carbons (Fsp3) is 0.947. The third-order valence-electron chi connectivity index (χ3n) is 4.16. The van der Waals surface area contributed by atoms with Gasteiger partial charge in [0.25, 0.3) is 0 Å². The standard InChI is InChI=1S/C19H38N2O3/c1-18(2,3)8-7-11-23-12-9-21-10-13-24-16(15-21)14-20-17(22)19(4,5)6/h16H,7-15H2,1-6H3,(H,20,22)/t16-/m0/s1. The Morgan fingerprint density at radius 2 is 1.92 bits per heavy atom. The van der Waals surface area contributed by atoms with Crippen LogP contribution in [0.15, 0.2) is 0 Å². The van der Waals surface area contributed by atoms with Crippen LogP contribution in [0, 0.1) is 10.8 Å². The van der Waals surface area contributed by atoms with Gasteiger partial charge in [-0.3, -0.25) is 9.69 Å². The fourth-order valence-electron chi connectivity index (χ4n) is 2.58. The number of ether oxygens (including phenoxy) is 2. The number of hydrogen-bond donors (Lipinski definition) is 1. The minimum atomic E-state index is -0.352. The highest BCUT2D eigenvalue weighted by molar-refractivity contribution is 5.81. The Morgan fingerprint density at radius 3 is 2.54 bits per heavy atom. The molecule has 24 heavy (non-hydrogen) atoms. The number of amides is 1. The van der Waals surface area contributed by atoms with Crippen LogP contribution in [-0.2, 0) is 14.3 Å². The van der Waals surface area contributed by atoms with Gasteiger partial charge in [0.15, 0.2) is 0 Å². The molecule has 0 radical (unpaired) electrons. The van der Waals surface area contributed by atoms with E-state index < -0.39 is 0 Å². The van der Waals surface area contributed by atoms with Crippen molar-refractivity contribution < 1.29 is 14.3 Å². The minimum absolute atomic E-state index is 0.0744. The van der Waals surface area contributed by atoms with Crippen LogP contribution in [0.3, 0.4) is 0 Å². The predicted octanol–water partition coefficient (Wildman–Crippen LogP) is 2.69. The molecule has 1 rings (SSSR count). The van der Waals surface area contributed by atoms with Crippen molar-refractivity contribution in [2.75, 3.05) is 46.0 Å². The second-order valence-electron chi connectivity index (χ2n) is 9.03. The number of nitrogens with zero attached hydrogens (tertiary/aromatic N) is 1. The highest BCUT2D eigenvalue weighted by atomic mass is 16.5. The van der Waals surface area contributed by atoms with Crippen molar-refractivity contribution in [3.8, 4) is 0 Å². The van der Waals surface area contributed by atoms with Crippen molar-refractivity contribution in [2.45, 2.75) is 60.5 Å². The van der Waals surface area contributed by atoms with Crippen molar-refractivity contribution >= 4 is 5.91 Å². The van der Waals surface area contributed by atoms with Gasteiger partial charge in [0.05, 0.1) is 19.3 Å². The molecule has 142 valence electrons. The third-order valence-corrected chi connectivity index (χ3v) is 4.16. The predicted molar refractivity (Wildman–Crippen MR) is 98.2 cm³/mol. The monoisotopic (exact) mass is 342 g/mol. The zero-order valence-electron chi connectivity index (χ0n) is 16.6. The first-order valence-corrected chi connectivity index (χ1v) is 9.28. The molecule has 1 atom stereocenters. The Bertz CT molecular complexity index is 372. The molecule has 5 nitrogen and oxygen atoms in total. The molecule has 0 aliphatic carbocycles. The van der Waals surface area contributed by atoms with Gasteiger partial charge in [-0.2, -0.15) is 0 Å². The van der Waals surface area contributed by atoms with Gasteiger partial charge in [-0.05, 0) is 18.3 Å². The lowest BCUT2D eigenvalue weighted by Gasteiger charge is -2.33. The molecular weight excluding hydrogens is 304 g/mol. The largest absolute Gasteiger partial charge is 0.380 e. The number of hydrogen-bond acceptors (Lipinski definition) is 4. The molecule has 1 N–H and O–H groups in total. The first-order chi connectivity index (χ1) is 11.1. The maximum absolute atomic E-state index is 11.9. The SMILES string of the molecule is CC(C)(C)CCCOCCN1CCO[C@@H](CNC(=O)C(C)(C)C)C1. The van der Waals surface area contributed by atoms with E-state index in [0.29, 0.717) is 12.0 Å². The second kappa shape index (κ2) is 9.73. The van der Waals surface area contributed by atoms with Gasteiger partial charge < -0.3 is 14.8 Å². The summed E-state index contributed by atoms with van der Waals surface area (Å²) < 4.78 is 11.5. The molecule has 1 fully saturated rings. The highest BCUT2D eigenvalue weighted by Gasteiger charge is 2.24. The van der Waals surface area contributed by atoms with Crippen molar-refractivity contribution in [1.29, 1.82) is 0 Å². The Kier molecular flexibility index (Phi) is 8.68. The van der Waals surface area contributed by atoms with E-state index >= 15 is 0 Å². The van der Waals surface area contributed by atoms with Crippen LogP contribution >= 0.6 is 0 Å². The van der Waals surface area contributed by atoms with Crippen molar-refractivity contribution in [3.63, 3.8) is 0 Å². The number of morpholine rings is 1. The Balaban J connectivity index is 2.14. The van der Waals surface area contributed by atoms with E-state index in [4.69, 9.17) is 9.47 Å². The topological polar surface area (TPSA) is 50.8 Å². The summed E-state index contributed by atoms with van der Waals surface area (Å²) in [6, 6.07) is 0. The first kappa shape index (κ1) is 21.4. The molecular formula is C19H38N2O3. The first-order valence-electron chi connectivity index (χ1n) is 9.28. The normalized spacial score (nSPS) is 20.2. The smallest absolute Gasteiger partial charge is 0.225 e. The van der Waals surface area contributed by atoms with Gasteiger partial charge >= 0.3 is 0 Å². The lowest BCUT2D eigenvalue weighted by molar-refractivity contribution is -0.129. The second-order valence-corrected chi connectivity index (χ2v) is 9.03. The number of rotatable bonds is 8. The lowest BCUT2D eigenvalue weighted by atomic mass is 9.91. The Labute approximate surface area is 148 Å². The molecule has 0 spiro atoms. The molecule has 0 aromatic rings. The van der Waals surface area contributed by atoms with E-state index in [9.17, 15) is 4.79 Å². The van der Waals surface area contributed by atoms with Crippen LogP contribution < -0.4 is 5.32 Å². The van der Waals surface area contributed by atoms with Gasteiger partial charge in [-0.1, -0.05) is 41.5 Å². The van der Waals surface area contributed by atoms with Gasteiger partial charge in [0.1, 0.15) is 0 Å². The highest BCUT2D eigenvalue weighted by Crippen LogP contribution is 2.20. The summed E-state index contributed by atoms with van der Waals surface area (Å²) >= 11 is 0. The summed E-state index contributed by atoms with van der Waals surface area (Å²) in [6.07, 6.45) is 2.39. The maximum atomic E-state index is 11.9. The van der Waals surface area contributed by atoms with Crippen molar-refractivity contribution in [1.82, 2.24) is 10.2 Å². The van der Waals surface area contributed by atoms with Crippen LogP contribution in [-0.4, -0.2) is 62.9 Å². The molecule has 0 bridgehead atoms.